The van der Waals surface area contributed by atoms with Gasteiger partial charge in [0.2, 0.25) is 0 Å². The van der Waals surface area contributed by atoms with E-state index >= 15 is 0 Å². The smallest absolute Gasteiger partial charge is 0.270 e. The van der Waals surface area contributed by atoms with Gasteiger partial charge in [0.25, 0.3) is 5.91 Å². The molecule has 4 nitrogen and oxygen atoms in total. The Labute approximate surface area is 120 Å². The Morgan fingerprint density at radius 3 is 2.75 bits per heavy atom. The van der Waals surface area contributed by atoms with E-state index in [0.717, 1.165) is 18.4 Å². The van der Waals surface area contributed by atoms with Crippen LogP contribution in [0.25, 0.3) is 10.6 Å². The first kappa shape index (κ1) is 14.6. The maximum absolute atomic E-state index is 12.8. The van der Waals surface area contributed by atoms with Crippen LogP contribution in [0.5, 0.6) is 0 Å². The molecule has 0 saturated carbocycles. The van der Waals surface area contributed by atoms with E-state index in [-0.39, 0.29) is 11.7 Å². The second-order valence-corrected chi connectivity index (χ2v) is 5.15. The van der Waals surface area contributed by atoms with E-state index in [0.29, 0.717) is 23.8 Å². The number of nitrogens with one attached hydrogen (secondary N) is 1. The molecule has 0 aliphatic heterocycles. The highest BCUT2D eigenvalue weighted by Gasteiger charge is 2.11. The first-order valence-corrected chi connectivity index (χ1v) is 7.28. The molecule has 1 amide bonds. The number of thiazole rings is 1. The fourth-order valence-electron chi connectivity index (χ4n) is 1.66. The van der Waals surface area contributed by atoms with Crippen molar-refractivity contribution in [3.8, 4) is 10.6 Å². The average molecular weight is 293 g/mol. The molecule has 0 aliphatic carbocycles. The molecule has 2 aromatic rings. The van der Waals surface area contributed by atoms with E-state index in [1.54, 1.807) is 17.5 Å². The maximum atomic E-state index is 12.8. The number of nitrogens with two attached hydrogens (primary N) is 1. The van der Waals surface area contributed by atoms with Crippen LogP contribution in [0.15, 0.2) is 29.6 Å². The number of carbonyl (C=O) groups is 1. The molecule has 0 bridgehead atoms. The number of amides is 1. The summed E-state index contributed by atoms with van der Waals surface area (Å²) in [7, 11) is 0. The summed E-state index contributed by atoms with van der Waals surface area (Å²) in [5.41, 5.74) is 6.58. The molecule has 0 spiro atoms. The van der Waals surface area contributed by atoms with E-state index in [1.165, 1.54) is 23.5 Å². The zero-order valence-electron chi connectivity index (χ0n) is 10.9. The molecule has 0 atom stereocenters. The van der Waals surface area contributed by atoms with Gasteiger partial charge < -0.3 is 11.1 Å². The molecule has 1 heterocycles. The van der Waals surface area contributed by atoms with Gasteiger partial charge in [-0.2, -0.15) is 0 Å². The lowest BCUT2D eigenvalue weighted by Crippen LogP contribution is -2.25. The largest absolute Gasteiger partial charge is 0.351 e. The van der Waals surface area contributed by atoms with E-state index in [1.807, 2.05) is 0 Å². The summed E-state index contributed by atoms with van der Waals surface area (Å²) in [6.45, 7) is 1.22. The molecule has 0 fully saturated rings. The molecule has 0 saturated heterocycles. The van der Waals surface area contributed by atoms with Crippen molar-refractivity contribution in [2.75, 3.05) is 13.1 Å². The molecule has 0 radical (unpaired) electrons. The molecule has 106 valence electrons. The Kier molecular flexibility index (Phi) is 5.20. The van der Waals surface area contributed by atoms with Crippen LogP contribution in [-0.2, 0) is 0 Å². The van der Waals surface area contributed by atoms with Crippen molar-refractivity contribution in [3.05, 3.63) is 41.2 Å². The standard InChI is InChI=1S/C14H16FN3OS/c15-11-5-3-10(4-6-11)14-18-12(9-20-14)13(19)17-8-2-1-7-16/h3-6,9H,1-2,7-8,16H2,(H,17,19). The molecule has 2 rings (SSSR count). The van der Waals surface area contributed by atoms with E-state index < -0.39 is 0 Å². The molecule has 0 unspecified atom stereocenters. The highest BCUT2D eigenvalue weighted by molar-refractivity contribution is 7.13. The van der Waals surface area contributed by atoms with Gasteiger partial charge in [0, 0.05) is 17.5 Å². The molecule has 6 heteroatoms. The van der Waals surface area contributed by atoms with Crippen molar-refractivity contribution in [2.24, 2.45) is 5.73 Å². The van der Waals surface area contributed by atoms with Crippen molar-refractivity contribution in [1.82, 2.24) is 10.3 Å². The average Bonchev–Trinajstić information content (AvgIpc) is 2.94. The van der Waals surface area contributed by atoms with Crippen LogP contribution in [0.1, 0.15) is 23.3 Å². The third-order valence-electron chi connectivity index (χ3n) is 2.74. The summed E-state index contributed by atoms with van der Waals surface area (Å²) in [5.74, 6) is -0.477. The molecular formula is C14H16FN3OS. The predicted molar refractivity (Wildman–Crippen MR) is 78.1 cm³/mol. The number of halogens is 1. The molecule has 0 aliphatic rings. The Morgan fingerprint density at radius 1 is 1.30 bits per heavy atom. The number of carbonyl (C=O) groups excluding carboxylic acids is 1. The topological polar surface area (TPSA) is 68.0 Å². The van der Waals surface area contributed by atoms with Crippen LogP contribution >= 0.6 is 11.3 Å². The minimum absolute atomic E-state index is 0.188. The summed E-state index contributed by atoms with van der Waals surface area (Å²) in [5, 5.41) is 5.21. The number of hydrogen-bond donors (Lipinski definition) is 2. The number of nitrogens with zero attached hydrogens (tertiary/aromatic N) is 1. The predicted octanol–water partition coefficient (Wildman–Crippen LogP) is 2.42. The van der Waals surface area contributed by atoms with E-state index in [9.17, 15) is 9.18 Å². The lowest BCUT2D eigenvalue weighted by molar-refractivity contribution is 0.0949. The minimum Gasteiger partial charge on any atom is -0.351 e. The second-order valence-electron chi connectivity index (χ2n) is 4.30. The van der Waals surface area contributed by atoms with Crippen LogP contribution in [0, 0.1) is 5.82 Å². The second kappa shape index (κ2) is 7.12. The number of unbranched alkanes of at least 4 members (excludes halogenated alkanes) is 1. The maximum Gasteiger partial charge on any atom is 0.270 e. The molecule has 1 aromatic carbocycles. The first-order valence-electron chi connectivity index (χ1n) is 6.40. The third-order valence-corrected chi connectivity index (χ3v) is 3.64. The van der Waals surface area contributed by atoms with Crippen molar-refractivity contribution in [2.45, 2.75) is 12.8 Å². The third kappa shape index (κ3) is 3.85. The van der Waals surface area contributed by atoms with Gasteiger partial charge in [0.05, 0.1) is 0 Å². The minimum atomic E-state index is -0.289. The highest BCUT2D eigenvalue weighted by Crippen LogP contribution is 2.23. The van der Waals surface area contributed by atoms with Crippen LogP contribution in [0.4, 0.5) is 4.39 Å². The highest BCUT2D eigenvalue weighted by atomic mass is 32.1. The monoisotopic (exact) mass is 293 g/mol. The van der Waals surface area contributed by atoms with Crippen LogP contribution in [-0.4, -0.2) is 24.0 Å². The lowest BCUT2D eigenvalue weighted by Gasteiger charge is -2.01. The quantitative estimate of drug-likeness (QED) is 0.804. The van der Waals surface area contributed by atoms with Crippen molar-refractivity contribution >= 4 is 17.2 Å². The Balaban J connectivity index is 1.98. The van der Waals surface area contributed by atoms with Gasteiger partial charge in [-0.1, -0.05) is 0 Å². The van der Waals surface area contributed by atoms with Crippen LogP contribution in [0.3, 0.4) is 0 Å². The zero-order valence-corrected chi connectivity index (χ0v) is 11.8. The van der Waals surface area contributed by atoms with Gasteiger partial charge >= 0.3 is 0 Å². The van der Waals surface area contributed by atoms with E-state index in [4.69, 9.17) is 5.73 Å². The fourth-order valence-corrected chi connectivity index (χ4v) is 2.47. The van der Waals surface area contributed by atoms with Gasteiger partial charge in [-0.05, 0) is 43.7 Å². The van der Waals surface area contributed by atoms with Gasteiger partial charge in [-0.3, -0.25) is 4.79 Å². The van der Waals surface area contributed by atoms with Crippen molar-refractivity contribution in [3.63, 3.8) is 0 Å². The Morgan fingerprint density at radius 2 is 2.05 bits per heavy atom. The first-order chi connectivity index (χ1) is 9.70. The Hall–Kier alpha value is -1.79. The molecule has 3 N–H and O–H groups in total. The van der Waals surface area contributed by atoms with Gasteiger partial charge in [-0.15, -0.1) is 11.3 Å². The van der Waals surface area contributed by atoms with E-state index in [2.05, 4.69) is 10.3 Å². The molecular weight excluding hydrogens is 277 g/mol. The van der Waals surface area contributed by atoms with Gasteiger partial charge in [-0.25, -0.2) is 9.37 Å². The van der Waals surface area contributed by atoms with Crippen LogP contribution < -0.4 is 11.1 Å². The van der Waals surface area contributed by atoms with Crippen LogP contribution in [0.2, 0.25) is 0 Å². The summed E-state index contributed by atoms with van der Waals surface area (Å²) >= 11 is 1.37. The number of benzene rings is 1. The number of hydrogen-bond acceptors (Lipinski definition) is 4. The Bertz CT molecular complexity index is 568. The van der Waals surface area contributed by atoms with Gasteiger partial charge in [0.15, 0.2) is 0 Å². The molecule has 1 aromatic heterocycles. The zero-order chi connectivity index (χ0) is 14.4. The summed E-state index contributed by atoms with van der Waals surface area (Å²) < 4.78 is 12.8. The fraction of sp³-hybridized carbons (Fsp3) is 0.286. The van der Waals surface area contributed by atoms with Crippen molar-refractivity contribution in [1.29, 1.82) is 0 Å². The number of aromatic nitrogens is 1. The summed E-state index contributed by atoms with van der Waals surface area (Å²) in [4.78, 5) is 16.1. The summed E-state index contributed by atoms with van der Waals surface area (Å²) in [6.07, 6.45) is 1.75. The normalized spacial score (nSPS) is 10.5. The van der Waals surface area contributed by atoms with Gasteiger partial charge in [0.1, 0.15) is 16.5 Å². The lowest BCUT2D eigenvalue weighted by atomic mass is 10.2. The molecule has 20 heavy (non-hydrogen) atoms. The SMILES string of the molecule is NCCCCNC(=O)c1csc(-c2ccc(F)cc2)n1. The number of rotatable bonds is 6. The summed E-state index contributed by atoms with van der Waals surface area (Å²) in [6, 6.07) is 6.06. The van der Waals surface area contributed by atoms with Crippen molar-refractivity contribution < 1.29 is 9.18 Å².